The van der Waals surface area contributed by atoms with Gasteiger partial charge in [-0.1, -0.05) is 41.4 Å². The second kappa shape index (κ2) is 8.63. The summed E-state index contributed by atoms with van der Waals surface area (Å²) in [6, 6.07) is 10.8. The molecule has 0 aliphatic carbocycles. The number of nitrogens with zero attached hydrogens (tertiary/aromatic N) is 1. The fraction of sp³-hybridized carbons (Fsp3) is 0.143. The van der Waals surface area contributed by atoms with Crippen LogP contribution in [-0.4, -0.2) is 26.3 Å². The van der Waals surface area contributed by atoms with Crippen LogP contribution in [0.3, 0.4) is 0 Å². The summed E-state index contributed by atoms with van der Waals surface area (Å²) in [5, 5.41) is 0.478. The minimum atomic E-state index is -4.05. The van der Waals surface area contributed by atoms with E-state index in [1.54, 1.807) is 38.1 Å². The van der Waals surface area contributed by atoms with Crippen molar-refractivity contribution < 1.29 is 17.9 Å². The van der Waals surface area contributed by atoms with Gasteiger partial charge in [-0.15, -0.1) is 0 Å². The van der Waals surface area contributed by atoms with Gasteiger partial charge in [-0.25, -0.2) is 13.4 Å². The molecule has 2 aromatic carbocycles. The highest BCUT2D eigenvalue weighted by atomic mass is 35.5. The fourth-order valence-corrected chi connectivity index (χ4v) is 4.35. The Morgan fingerprint density at radius 1 is 1.07 bits per heavy atom. The highest BCUT2D eigenvalue weighted by Crippen LogP contribution is 2.30. The third kappa shape index (κ3) is 4.43. The molecule has 3 aromatic rings. The molecule has 30 heavy (non-hydrogen) atoms. The lowest BCUT2D eigenvalue weighted by Gasteiger charge is -2.15. The Kier molecular flexibility index (Phi) is 6.36. The number of rotatable bonds is 6. The van der Waals surface area contributed by atoms with Gasteiger partial charge in [0.1, 0.15) is 11.4 Å². The van der Waals surface area contributed by atoms with Crippen LogP contribution in [0.5, 0.6) is 5.75 Å². The third-order valence-electron chi connectivity index (χ3n) is 4.45. The summed E-state index contributed by atoms with van der Waals surface area (Å²) in [4.78, 5) is 17.3. The van der Waals surface area contributed by atoms with E-state index < -0.39 is 15.8 Å². The molecule has 1 N–H and O–H groups in total. The molecule has 156 valence electrons. The summed E-state index contributed by atoms with van der Waals surface area (Å²) in [6.07, 6.45) is 1.28. The maximum absolute atomic E-state index is 13.3. The topological polar surface area (TPSA) is 85.4 Å². The fourth-order valence-electron chi connectivity index (χ4n) is 2.86. The zero-order chi connectivity index (χ0) is 22.1. The van der Waals surface area contributed by atoms with Gasteiger partial charge in [-0.3, -0.25) is 9.52 Å². The van der Waals surface area contributed by atoms with E-state index in [-0.39, 0.29) is 26.9 Å². The van der Waals surface area contributed by atoms with Gasteiger partial charge in [0, 0.05) is 11.2 Å². The van der Waals surface area contributed by atoms with Gasteiger partial charge in [0.05, 0.1) is 28.3 Å². The molecule has 0 aliphatic rings. The number of anilines is 1. The van der Waals surface area contributed by atoms with Crippen molar-refractivity contribution in [1.82, 2.24) is 4.98 Å². The quantitative estimate of drug-likeness (QED) is 0.516. The molecule has 0 saturated heterocycles. The van der Waals surface area contributed by atoms with Crippen LogP contribution < -0.4 is 9.46 Å². The number of ketones is 1. The number of halogens is 2. The molecule has 0 radical (unpaired) electrons. The van der Waals surface area contributed by atoms with Crippen LogP contribution in [0.15, 0.2) is 53.6 Å². The highest BCUT2D eigenvalue weighted by molar-refractivity contribution is 7.92. The Bertz CT molecular complexity index is 1240. The van der Waals surface area contributed by atoms with E-state index in [2.05, 4.69) is 9.71 Å². The zero-order valence-electron chi connectivity index (χ0n) is 16.4. The molecule has 3 rings (SSSR count). The first-order valence-corrected chi connectivity index (χ1v) is 11.0. The largest absolute Gasteiger partial charge is 0.496 e. The van der Waals surface area contributed by atoms with Gasteiger partial charge in [-0.2, -0.15) is 0 Å². The lowest BCUT2D eigenvalue weighted by atomic mass is 10.0. The number of hydrogen-bond donors (Lipinski definition) is 1. The molecule has 0 spiro atoms. The summed E-state index contributed by atoms with van der Waals surface area (Å²) >= 11 is 12.1. The van der Waals surface area contributed by atoms with E-state index in [1.807, 2.05) is 0 Å². The summed E-state index contributed by atoms with van der Waals surface area (Å²) in [5.74, 6) is -0.142. The van der Waals surface area contributed by atoms with Crippen molar-refractivity contribution in [2.45, 2.75) is 18.7 Å². The molecule has 1 heterocycles. The summed E-state index contributed by atoms with van der Waals surface area (Å²) in [7, 11) is -2.60. The number of carbonyl (C=O) groups excluding carboxylic acids is 1. The summed E-state index contributed by atoms with van der Waals surface area (Å²) in [6.45, 7) is 3.52. The number of aromatic nitrogens is 1. The van der Waals surface area contributed by atoms with Crippen LogP contribution in [0, 0.1) is 13.8 Å². The van der Waals surface area contributed by atoms with Crippen molar-refractivity contribution in [2.75, 3.05) is 11.8 Å². The van der Waals surface area contributed by atoms with E-state index in [4.69, 9.17) is 27.9 Å². The van der Waals surface area contributed by atoms with E-state index in [9.17, 15) is 13.2 Å². The number of carbonyl (C=O) groups is 1. The molecule has 0 atom stereocenters. The molecule has 0 aliphatic heterocycles. The standard InChI is InChI=1S/C21H18Cl2N2O4S/c1-12-7-8-15(10-16(12)23)30(27,28)25-17-9-14(22)11-24-20(17)21(26)19-13(2)5-4-6-18(19)29-3/h4-11,25H,1-3H3. The highest BCUT2D eigenvalue weighted by Gasteiger charge is 2.25. The number of ether oxygens (including phenoxy) is 1. The van der Waals surface area contributed by atoms with Crippen molar-refractivity contribution in [3.63, 3.8) is 0 Å². The van der Waals surface area contributed by atoms with Crippen LogP contribution in [0.25, 0.3) is 0 Å². The normalized spacial score (nSPS) is 11.2. The third-order valence-corrected chi connectivity index (χ3v) is 6.43. The van der Waals surface area contributed by atoms with Crippen LogP contribution in [0.2, 0.25) is 10.0 Å². The maximum Gasteiger partial charge on any atom is 0.262 e. The Labute approximate surface area is 184 Å². The van der Waals surface area contributed by atoms with Crippen LogP contribution >= 0.6 is 23.2 Å². The predicted molar refractivity (Wildman–Crippen MR) is 117 cm³/mol. The predicted octanol–water partition coefficient (Wildman–Crippen LogP) is 5.05. The van der Waals surface area contributed by atoms with Crippen molar-refractivity contribution in [2.24, 2.45) is 0 Å². The number of benzene rings is 2. The van der Waals surface area contributed by atoms with Crippen molar-refractivity contribution in [1.29, 1.82) is 0 Å². The minimum Gasteiger partial charge on any atom is -0.496 e. The second-order valence-corrected chi connectivity index (χ2v) is 9.07. The van der Waals surface area contributed by atoms with Gasteiger partial charge in [0.15, 0.2) is 0 Å². The molecule has 1 aromatic heterocycles. The molecule has 0 amide bonds. The SMILES string of the molecule is COc1cccc(C)c1C(=O)c1ncc(Cl)cc1NS(=O)(=O)c1ccc(C)c(Cl)c1. The van der Waals surface area contributed by atoms with Gasteiger partial charge >= 0.3 is 0 Å². The zero-order valence-corrected chi connectivity index (χ0v) is 18.7. The van der Waals surface area contributed by atoms with Gasteiger partial charge in [0.2, 0.25) is 5.78 Å². The lowest BCUT2D eigenvalue weighted by Crippen LogP contribution is -2.18. The first kappa shape index (κ1) is 22.1. The molecule has 0 fully saturated rings. The molecule has 0 bridgehead atoms. The first-order valence-electron chi connectivity index (χ1n) is 8.77. The second-order valence-electron chi connectivity index (χ2n) is 6.55. The van der Waals surface area contributed by atoms with Gasteiger partial charge < -0.3 is 4.74 Å². The molecule has 9 heteroatoms. The van der Waals surface area contributed by atoms with Crippen molar-refractivity contribution in [3.8, 4) is 5.75 Å². The summed E-state index contributed by atoms with van der Waals surface area (Å²) < 4.78 is 33.5. The molecular weight excluding hydrogens is 447 g/mol. The van der Waals surface area contributed by atoms with Crippen LogP contribution in [0.4, 0.5) is 5.69 Å². The number of nitrogens with one attached hydrogen (secondary N) is 1. The van der Waals surface area contributed by atoms with E-state index in [1.165, 1.54) is 31.5 Å². The Balaban J connectivity index is 2.09. The average molecular weight is 465 g/mol. The number of methoxy groups -OCH3 is 1. The number of sulfonamides is 1. The average Bonchev–Trinajstić information content (AvgIpc) is 2.69. The van der Waals surface area contributed by atoms with E-state index in [0.717, 1.165) is 5.56 Å². The number of hydrogen-bond acceptors (Lipinski definition) is 5. The van der Waals surface area contributed by atoms with E-state index >= 15 is 0 Å². The molecule has 0 unspecified atom stereocenters. The Morgan fingerprint density at radius 2 is 1.80 bits per heavy atom. The van der Waals surface area contributed by atoms with Gasteiger partial charge in [0.25, 0.3) is 10.0 Å². The Hall–Kier alpha value is -2.61. The van der Waals surface area contributed by atoms with E-state index in [0.29, 0.717) is 16.3 Å². The number of pyridine rings is 1. The van der Waals surface area contributed by atoms with Crippen molar-refractivity contribution in [3.05, 3.63) is 81.1 Å². The monoisotopic (exact) mass is 464 g/mol. The minimum absolute atomic E-state index is 0.0468. The van der Waals surface area contributed by atoms with Crippen molar-refractivity contribution >= 4 is 44.7 Å². The lowest BCUT2D eigenvalue weighted by molar-refractivity contribution is 0.103. The number of aryl methyl sites for hydroxylation is 2. The van der Waals surface area contributed by atoms with Gasteiger partial charge in [-0.05, 0) is 49.2 Å². The first-order chi connectivity index (χ1) is 14.1. The Morgan fingerprint density at radius 3 is 2.47 bits per heavy atom. The van der Waals surface area contributed by atoms with Crippen LogP contribution in [0.1, 0.15) is 27.2 Å². The molecule has 6 nitrogen and oxygen atoms in total. The van der Waals surface area contributed by atoms with Crippen LogP contribution in [-0.2, 0) is 10.0 Å². The molecular formula is C21H18Cl2N2O4S. The summed E-state index contributed by atoms with van der Waals surface area (Å²) in [5.41, 5.74) is 1.54. The maximum atomic E-state index is 13.3. The molecule has 0 saturated carbocycles. The smallest absolute Gasteiger partial charge is 0.262 e.